The van der Waals surface area contributed by atoms with E-state index in [1.165, 1.54) is 12.1 Å². The molecule has 5 rings (SSSR count). The molecule has 0 spiro atoms. The highest BCUT2D eigenvalue weighted by Gasteiger charge is 2.31. The maximum Gasteiger partial charge on any atom is 0.343 e. The van der Waals surface area contributed by atoms with E-state index >= 15 is 0 Å². The van der Waals surface area contributed by atoms with E-state index in [4.69, 9.17) is 31.5 Å². The van der Waals surface area contributed by atoms with Crippen LogP contribution in [0, 0.1) is 17.1 Å². The molecule has 2 N–H and O–H groups in total. The molecular weight excluding hydrogens is 507 g/mol. The van der Waals surface area contributed by atoms with Crippen LogP contribution >= 0.6 is 11.6 Å². The summed E-state index contributed by atoms with van der Waals surface area (Å²) in [6.45, 7) is 0.0466. The smallest absolute Gasteiger partial charge is 0.343 e. The normalized spacial score (nSPS) is 14.2. The Hall–Kier alpha value is -4.80. The second-order valence-electron chi connectivity index (χ2n) is 8.48. The van der Waals surface area contributed by atoms with Gasteiger partial charge < -0.3 is 19.9 Å². The second-order valence-corrected chi connectivity index (χ2v) is 8.91. The standard InChI is InChI=1S/C30H20ClFN2O4/c31-21-8-3-7-19(13-21)30(35)37-23-11-12-24-27(15-23)38-29(34)25(16-33)28(24)18-6-4-9-22(14-18)36-17-20-5-1-2-10-26(20)32/h1-15,28H,17,34H2. The van der Waals surface area contributed by atoms with Crippen LogP contribution < -0.4 is 19.9 Å². The van der Waals surface area contributed by atoms with E-state index in [2.05, 4.69) is 6.07 Å². The lowest BCUT2D eigenvalue weighted by molar-refractivity contribution is 0.0734. The number of hydrogen-bond donors (Lipinski definition) is 1. The topological polar surface area (TPSA) is 94.6 Å². The van der Waals surface area contributed by atoms with Gasteiger partial charge in [0, 0.05) is 22.2 Å². The van der Waals surface area contributed by atoms with E-state index in [-0.39, 0.29) is 29.6 Å². The lowest BCUT2D eigenvalue weighted by atomic mass is 9.83. The predicted molar refractivity (Wildman–Crippen MR) is 139 cm³/mol. The number of benzene rings is 4. The second kappa shape index (κ2) is 10.7. The van der Waals surface area contributed by atoms with Crippen molar-refractivity contribution < 1.29 is 23.4 Å². The fraction of sp³-hybridized carbons (Fsp3) is 0.0667. The Morgan fingerprint density at radius 1 is 1.00 bits per heavy atom. The minimum atomic E-state index is -0.583. The molecule has 0 bridgehead atoms. The molecule has 1 aliphatic rings. The van der Waals surface area contributed by atoms with Gasteiger partial charge in [-0.25, -0.2) is 9.18 Å². The van der Waals surface area contributed by atoms with E-state index < -0.39 is 11.9 Å². The highest BCUT2D eigenvalue weighted by Crippen LogP contribution is 2.44. The van der Waals surface area contributed by atoms with Crippen LogP contribution in [-0.2, 0) is 6.61 Å². The highest BCUT2D eigenvalue weighted by atomic mass is 35.5. The van der Waals surface area contributed by atoms with Gasteiger partial charge in [-0.05, 0) is 48.0 Å². The van der Waals surface area contributed by atoms with Crippen LogP contribution in [0.15, 0.2) is 102 Å². The SMILES string of the molecule is N#CC1=C(N)Oc2cc(OC(=O)c3cccc(Cl)c3)ccc2C1c1cccc(OCc2ccccc2F)c1. The summed E-state index contributed by atoms with van der Waals surface area (Å²) in [4.78, 5) is 12.6. The number of nitrogens with two attached hydrogens (primary N) is 1. The van der Waals surface area contributed by atoms with Gasteiger partial charge in [0.1, 0.15) is 41.3 Å². The molecule has 1 heterocycles. The van der Waals surface area contributed by atoms with Gasteiger partial charge in [0.15, 0.2) is 0 Å². The molecule has 1 unspecified atom stereocenters. The molecule has 0 amide bonds. The van der Waals surface area contributed by atoms with E-state index in [9.17, 15) is 14.4 Å². The number of carbonyl (C=O) groups is 1. The van der Waals surface area contributed by atoms with E-state index in [0.29, 0.717) is 33.2 Å². The van der Waals surface area contributed by atoms with Gasteiger partial charge in [-0.1, -0.05) is 54.1 Å². The van der Waals surface area contributed by atoms with Gasteiger partial charge in [0.05, 0.1) is 11.5 Å². The summed E-state index contributed by atoms with van der Waals surface area (Å²) in [6.07, 6.45) is 0. The molecule has 0 saturated carbocycles. The van der Waals surface area contributed by atoms with E-state index in [1.807, 2.05) is 6.07 Å². The predicted octanol–water partition coefficient (Wildman–Crippen LogP) is 6.50. The maximum atomic E-state index is 14.0. The number of ether oxygens (including phenoxy) is 3. The zero-order chi connectivity index (χ0) is 26.6. The Balaban J connectivity index is 1.43. The van der Waals surface area contributed by atoms with E-state index in [1.54, 1.807) is 72.8 Å². The molecule has 0 aromatic heterocycles. The summed E-state index contributed by atoms with van der Waals surface area (Å²) in [7, 11) is 0. The molecule has 188 valence electrons. The molecule has 0 aliphatic carbocycles. The van der Waals surface area contributed by atoms with Crippen LogP contribution in [0.5, 0.6) is 17.2 Å². The number of halogens is 2. The highest BCUT2D eigenvalue weighted by molar-refractivity contribution is 6.30. The first-order valence-electron chi connectivity index (χ1n) is 11.6. The maximum absolute atomic E-state index is 14.0. The Morgan fingerprint density at radius 3 is 2.61 bits per heavy atom. The molecule has 0 saturated heterocycles. The third-order valence-electron chi connectivity index (χ3n) is 6.01. The van der Waals surface area contributed by atoms with Gasteiger partial charge in [-0.15, -0.1) is 0 Å². The van der Waals surface area contributed by atoms with Crippen molar-refractivity contribution in [1.29, 1.82) is 5.26 Å². The number of rotatable bonds is 6. The molecule has 0 radical (unpaired) electrons. The minimum Gasteiger partial charge on any atom is -0.489 e. The van der Waals surface area contributed by atoms with Gasteiger partial charge in [0.25, 0.3) is 0 Å². The Morgan fingerprint density at radius 2 is 1.82 bits per heavy atom. The minimum absolute atomic E-state index is 0.0466. The average molecular weight is 527 g/mol. The first-order valence-corrected chi connectivity index (χ1v) is 12.0. The Kier molecular flexibility index (Phi) is 6.98. The molecule has 8 heteroatoms. The van der Waals surface area contributed by atoms with Crippen molar-refractivity contribution in [2.45, 2.75) is 12.5 Å². The van der Waals surface area contributed by atoms with Crippen molar-refractivity contribution in [3.63, 3.8) is 0 Å². The Labute approximate surface area is 223 Å². The summed E-state index contributed by atoms with van der Waals surface area (Å²) in [6, 6.07) is 27.0. The monoisotopic (exact) mass is 526 g/mol. The number of hydrogen-bond acceptors (Lipinski definition) is 6. The van der Waals surface area contributed by atoms with Crippen LogP contribution in [0.1, 0.15) is 33.0 Å². The van der Waals surface area contributed by atoms with Gasteiger partial charge in [-0.2, -0.15) is 5.26 Å². The lowest BCUT2D eigenvalue weighted by Gasteiger charge is -2.27. The molecule has 38 heavy (non-hydrogen) atoms. The van der Waals surface area contributed by atoms with Gasteiger partial charge >= 0.3 is 5.97 Å². The number of carbonyl (C=O) groups excluding carboxylic acids is 1. The summed E-state index contributed by atoms with van der Waals surface area (Å²) in [5.41, 5.74) is 8.46. The molecule has 4 aromatic carbocycles. The van der Waals surface area contributed by atoms with Crippen LogP contribution in [0.25, 0.3) is 0 Å². The molecule has 0 fully saturated rings. The first kappa shape index (κ1) is 24.9. The van der Waals surface area contributed by atoms with Gasteiger partial charge in [0.2, 0.25) is 5.88 Å². The lowest BCUT2D eigenvalue weighted by Crippen LogP contribution is -2.21. The number of nitrogens with zero attached hydrogens (tertiary/aromatic N) is 1. The third-order valence-corrected chi connectivity index (χ3v) is 6.24. The summed E-state index contributed by atoms with van der Waals surface area (Å²) in [5.74, 6) is -0.457. The Bertz CT molecular complexity index is 1610. The van der Waals surface area contributed by atoms with Crippen molar-refractivity contribution in [1.82, 2.24) is 0 Å². The molecular formula is C30H20ClFN2O4. The zero-order valence-electron chi connectivity index (χ0n) is 19.9. The van der Waals surface area contributed by atoms with Crippen LogP contribution in [0.4, 0.5) is 4.39 Å². The number of allylic oxidation sites excluding steroid dienone is 1. The largest absolute Gasteiger partial charge is 0.489 e. The molecule has 1 aliphatic heterocycles. The van der Waals surface area contributed by atoms with Crippen molar-refractivity contribution in [2.75, 3.05) is 0 Å². The first-order chi connectivity index (χ1) is 18.4. The molecule has 1 atom stereocenters. The van der Waals surface area contributed by atoms with Crippen molar-refractivity contribution in [3.8, 4) is 23.3 Å². The van der Waals surface area contributed by atoms with Crippen LogP contribution in [-0.4, -0.2) is 5.97 Å². The molecule has 4 aromatic rings. The van der Waals surface area contributed by atoms with Crippen LogP contribution in [0.3, 0.4) is 0 Å². The molecule has 6 nitrogen and oxygen atoms in total. The van der Waals surface area contributed by atoms with Crippen LogP contribution in [0.2, 0.25) is 5.02 Å². The van der Waals surface area contributed by atoms with Crippen molar-refractivity contribution in [2.24, 2.45) is 5.73 Å². The zero-order valence-corrected chi connectivity index (χ0v) is 20.6. The fourth-order valence-corrected chi connectivity index (χ4v) is 4.37. The van der Waals surface area contributed by atoms with Gasteiger partial charge in [-0.3, -0.25) is 0 Å². The van der Waals surface area contributed by atoms with Crippen molar-refractivity contribution in [3.05, 3.63) is 136 Å². The van der Waals surface area contributed by atoms with E-state index in [0.717, 1.165) is 5.56 Å². The summed E-state index contributed by atoms with van der Waals surface area (Å²) >= 11 is 5.97. The average Bonchev–Trinajstić information content (AvgIpc) is 2.92. The summed E-state index contributed by atoms with van der Waals surface area (Å²) < 4.78 is 31.1. The summed E-state index contributed by atoms with van der Waals surface area (Å²) in [5, 5.41) is 10.3. The number of esters is 1. The van der Waals surface area contributed by atoms with Crippen molar-refractivity contribution >= 4 is 17.6 Å². The number of fused-ring (bicyclic) bond motifs is 1. The quantitative estimate of drug-likeness (QED) is 0.228. The number of nitriles is 1. The third kappa shape index (κ3) is 5.17. The fourth-order valence-electron chi connectivity index (χ4n) is 4.18.